The first-order valence-electron chi connectivity index (χ1n) is 36.5. The van der Waals surface area contributed by atoms with Gasteiger partial charge in [-0.25, -0.2) is 19.9 Å². The zero-order valence-electron chi connectivity index (χ0n) is 58.8. The first-order chi connectivity index (χ1) is 53.5. The lowest BCUT2D eigenvalue weighted by Crippen LogP contribution is -1.96. The van der Waals surface area contributed by atoms with E-state index in [4.69, 9.17) is 19.9 Å². The van der Waals surface area contributed by atoms with Gasteiger partial charge in [-0.2, -0.15) is 0 Å². The number of pyridine rings is 2. The number of aromatic nitrogens is 6. The van der Waals surface area contributed by atoms with E-state index in [0.717, 1.165) is 100 Å². The molecular weight excluding hydrogens is 1310 g/mol. The van der Waals surface area contributed by atoms with Crippen molar-refractivity contribution in [2.24, 2.45) is 0 Å². The van der Waals surface area contributed by atoms with Crippen LogP contribution in [0.2, 0.25) is 0 Å². The van der Waals surface area contributed by atoms with Gasteiger partial charge in [0.2, 0.25) is 0 Å². The Hall–Kier alpha value is -14.5. The molecule has 0 fully saturated rings. The Morgan fingerprint density at radius 3 is 0.898 bits per heavy atom. The number of rotatable bonds is 12. The minimum Gasteiger partial charge on any atom is -0.263 e. The normalized spacial score (nSPS) is 11.3. The summed E-state index contributed by atoms with van der Waals surface area (Å²) < 4.78 is 0. The van der Waals surface area contributed by atoms with Gasteiger partial charge in [-0.3, -0.25) is 9.97 Å². The van der Waals surface area contributed by atoms with Crippen LogP contribution >= 0.6 is 0 Å². The molecular formula is C102H66N6. The van der Waals surface area contributed by atoms with Crippen LogP contribution in [0.25, 0.3) is 199 Å². The van der Waals surface area contributed by atoms with Crippen molar-refractivity contribution in [3.8, 4) is 135 Å². The van der Waals surface area contributed by atoms with Gasteiger partial charge < -0.3 is 0 Å². The number of hydrogen-bond acceptors (Lipinski definition) is 6. The smallest absolute Gasteiger partial charge is 0.160 e. The van der Waals surface area contributed by atoms with E-state index in [1.165, 1.54) is 87.2 Å². The molecule has 0 aliphatic rings. The van der Waals surface area contributed by atoms with Crippen molar-refractivity contribution < 1.29 is 0 Å². The maximum Gasteiger partial charge on any atom is 0.160 e. The molecule has 108 heavy (non-hydrogen) atoms. The van der Waals surface area contributed by atoms with Crippen LogP contribution in [0.5, 0.6) is 0 Å². The van der Waals surface area contributed by atoms with E-state index in [0.29, 0.717) is 11.6 Å². The number of fused-ring (bicyclic) bond motifs is 9. The Labute approximate surface area is 626 Å². The van der Waals surface area contributed by atoms with Gasteiger partial charge in [0.15, 0.2) is 11.6 Å². The van der Waals surface area contributed by atoms with E-state index in [1.807, 2.05) is 43.0 Å². The van der Waals surface area contributed by atoms with Crippen LogP contribution in [0.1, 0.15) is 0 Å². The topological polar surface area (TPSA) is 77.3 Å². The van der Waals surface area contributed by atoms with Crippen molar-refractivity contribution in [1.82, 2.24) is 29.9 Å². The summed E-state index contributed by atoms with van der Waals surface area (Å²) in [5.74, 6) is 1.37. The highest BCUT2D eigenvalue weighted by Gasteiger charge is 2.18. The third-order valence-corrected chi connectivity index (χ3v) is 20.8. The second-order valence-electron chi connectivity index (χ2n) is 27.3. The third kappa shape index (κ3) is 12.7. The van der Waals surface area contributed by atoms with Crippen LogP contribution in [-0.4, -0.2) is 29.9 Å². The van der Waals surface area contributed by atoms with Gasteiger partial charge in [-0.1, -0.05) is 352 Å². The molecule has 0 bridgehead atoms. The van der Waals surface area contributed by atoms with E-state index < -0.39 is 0 Å². The molecule has 0 spiro atoms. The molecule has 0 unspecified atom stereocenters. The van der Waals surface area contributed by atoms with E-state index in [9.17, 15) is 0 Å². The van der Waals surface area contributed by atoms with Crippen LogP contribution in [-0.2, 0) is 0 Å². The summed E-state index contributed by atoms with van der Waals surface area (Å²) in [5, 5.41) is 14.7. The number of benzene rings is 16. The lowest BCUT2D eigenvalue weighted by atomic mass is 9.92. The van der Waals surface area contributed by atoms with Gasteiger partial charge in [0.1, 0.15) is 0 Å². The van der Waals surface area contributed by atoms with Crippen LogP contribution in [0.15, 0.2) is 401 Å². The first kappa shape index (κ1) is 64.4. The molecule has 0 radical (unpaired) electrons. The molecule has 0 aliphatic heterocycles. The van der Waals surface area contributed by atoms with Crippen molar-refractivity contribution in [3.63, 3.8) is 0 Å². The van der Waals surface area contributed by atoms with Gasteiger partial charge >= 0.3 is 0 Å². The average Bonchev–Trinajstić information content (AvgIpc) is 0.744. The molecule has 20 aromatic rings. The Morgan fingerprint density at radius 1 is 0.139 bits per heavy atom. The fourth-order valence-corrected chi connectivity index (χ4v) is 15.2. The molecule has 0 saturated carbocycles. The molecule has 0 amide bonds. The summed E-state index contributed by atoms with van der Waals surface area (Å²) in [6.07, 6.45) is 7.73. The van der Waals surface area contributed by atoms with Gasteiger partial charge in [-0.05, 0) is 134 Å². The predicted molar refractivity (Wildman–Crippen MR) is 450 cm³/mol. The molecule has 4 heterocycles. The molecule has 0 atom stereocenters. The van der Waals surface area contributed by atoms with E-state index in [2.05, 4.69) is 368 Å². The van der Waals surface area contributed by atoms with Crippen LogP contribution < -0.4 is 0 Å². The molecule has 6 heteroatoms. The third-order valence-electron chi connectivity index (χ3n) is 20.8. The standard InChI is InChI=1S/C55H35N3.C47H31N3/c1-2-10-36(11-3-1)37-18-24-40(25-19-37)53-33-54(41-26-22-39(23-27-41)52-35-56-34-44-12-4-5-13-45(44)52)58-55(57-53)42-28-20-38(21-29-42)43-30-31-50-48-16-7-6-14-46(48)47-15-8-9-17-49(47)51(50)32-43;1-2-10-32(11-3-1)33-20-24-36(25-21-33)45-29-46(37-26-22-35(23-27-37)44-31-48-30-40-13-5-7-18-43(40)44)50-47(49-45)39-16-8-15-38(28-39)42-19-9-14-34-12-4-6-17-41(34)42/h1-35H;1-31H. The summed E-state index contributed by atoms with van der Waals surface area (Å²) in [6.45, 7) is 0. The monoisotopic (exact) mass is 1370 g/mol. The van der Waals surface area contributed by atoms with Crippen LogP contribution in [0.3, 0.4) is 0 Å². The minimum atomic E-state index is 0.685. The average molecular weight is 1380 g/mol. The maximum absolute atomic E-state index is 5.20. The SMILES string of the molecule is c1ccc(-c2ccc(-c3cc(-c4ccc(-c5cncc6ccccc56)cc4)nc(-c4ccc(-c5ccc6c7ccccc7c7ccccc7c6c5)cc4)n3)cc2)cc1.c1ccc(-c2ccc(-c3cc(-c4ccc(-c5cncc6ccccc56)cc4)nc(-c4cccc(-c5cccc6ccccc56)c4)n3)cc2)cc1. The number of hydrogen-bond donors (Lipinski definition) is 0. The fourth-order valence-electron chi connectivity index (χ4n) is 15.2. The lowest BCUT2D eigenvalue weighted by Gasteiger charge is -2.13. The summed E-state index contributed by atoms with van der Waals surface area (Å²) in [7, 11) is 0. The summed E-state index contributed by atoms with van der Waals surface area (Å²) in [4.78, 5) is 29.8. The molecule has 16 aromatic carbocycles. The Morgan fingerprint density at radius 2 is 0.435 bits per heavy atom. The molecule has 20 rings (SSSR count). The van der Waals surface area contributed by atoms with Crippen molar-refractivity contribution in [2.75, 3.05) is 0 Å². The minimum absolute atomic E-state index is 0.685. The molecule has 504 valence electrons. The van der Waals surface area contributed by atoms with E-state index in [1.54, 1.807) is 0 Å². The Bertz CT molecular complexity index is 6690. The molecule has 4 aromatic heterocycles. The van der Waals surface area contributed by atoms with Crippen molar-refractivity contribution in [2.45, 2.75) is 0 Å². The Balaban J connectivity index is 0.000000149. The lowest BCUT2D eigenvalue weighted by molar-refractivity contribution is 1.18. The Kier molecular flexibility index (Phi) is 16.9. The second kappa shape index (κ2) is 28.3. The van der Waals surface area contributed by atoms with E-state index in [-0.39, 0.29) is 0 Å². The zero-order valence-corrected chi connectivity index (χ0v) is 58.8. The molecule has 6 nitrogen and oxygen atoms in total. The van der Waals surface area contributed by atoms with Gasteiger partial charge in [0, 0.05) is 80.1 Å². The predicted octanol–water partition coefficient (Wildman–Crippen LogP) is 26.7. The highest BCUT2D eigenvalue weighted by atomic mass is 14.9. The van der Waals surface area contributed by atoms with Crippen LogP contribution in [0.4, 0.5) is 0 Å². The highest BCUT2D eigenvalue weighted by molar-refractivity contribution is 6.26. The van der Waals surface area contributed by atoms with Crippen molar-refractivity contribution in [1.29, 1.82) is 0 Å². The maximum atomic E-state index is 5.20. The largest absolute Gasteiger partial charge is 0.263 e. The highest BCUT2D eigenvalue weighted by Crippen LogP contribution is 2.41. The summed E-state index contributed by atoms with van der Waals surface area (Å²) in [6, 6.07) is 133. The van der Waals surface area contributed by atoms with Crippen molar-refractivity contribution >= 4 is 64.6 Å². The van der Waals surface area contributed by atoms with E-state index >= 15 is 0 Å². The quantitative estimate of drug-likeness (QED) is 0.113. The van der Waals surface area contributed by atoms with Gasteiger partial charge in [0.25, 0.3) is 0 Å². The second-order valence-corrected chi connectivity index (χ2v) is 27.3. The van der Waals surface area contributed by atoms with Crippen molar-refractivity contribution in [3.05, 3.63) is 401 Å². The molecule has 0 saturated heterocycles. The summed E-state index contributed by atoms with van der Waals surface area (Å²) in [5.41, 5.74) is 23.4. The van der Waals surface area contributed by atoms with Gasteiger partial charge in [-0.15, -0.1) is 0 Å². The fraction of sp³-hybridized carbons (Fsp3) is 0. The molecule has 0 N–H and O–H groups in total. The first-order valence-corrected chi connectivity index (χ1v) is 36.5. The summed E-state index contributed by atoms with van der Waals surface area (Å²) >= 11 is 0. The zero-order chi connectivity index (χ0) is 71.7. The van der Waals surface area contributed by atoms with Crippen LogP contribution in [0, 0.1) is 0 Å². The molecule has 0 aliphatic carbocycles. The van der Waals surface area contributed by atoms with Gasteiger partial charge in [0.05, 0.1) is 22.8 Å². The number of nitrogens with zero attached hydrogens (tertiary/aromatic N) is 6.